The van der Waals surface area contributed by atoms with Crippen molar-refractivity contribution < 1.29 is 4.39 Å². The van der Waals surface area contributed by atoms with Crippen molar-refractivity contribution in [3.05, 3.63) is 77.7 Å². The van der Waals surface area contributed by atoms with E-state index < -0.39 is 0 Å². The molecule has 2 N–H and O–H groups in total. The third-order valence-corrected chi connectivity index (χ3v) is 3.46. The summed E-state index contributed by atoms with van der Waals surface area (Å²) in [5, 5.41) is 6.27. The van der Waals surface area contributed by atoms with Gasteiger partial charge in [0.05, 0.1) is 0 Å². The molecule has 0 unspecified atom stereocenters. The van der Waals surface area contributed by atoms with E-state index in [9.17, 15) is 4.39 Å². The fraction of sp³-hybridized carbons (Fsp3) is 0.111. The number of rotatable bonds is 5. The summed E-state index contributed by atoms with van der Waals surface area (Å²) in [6.07, 6.45) is 1.66. The molecule has 0 fully saturated rings. The first-order valence-corrected chi connectivity index (χ1v) is 7.35. The van der Waals surface area contributed by atoms with Crippen LogP contribution in [0.25, 0.3) is 0 Å². The average molecular weight is 308 g/mol. The number of hydrogen-bond donors (Lipinski definition) is 2. The first-order valence-electron chi connectivity index (χ1n) is 7.35. The maximum atomic E-state index is 13.2. The molecule has 0 saturated heterocycles. The Labute approximate surface area is 134 Å². The molecule has 0 aliphatic heterocycles. The van der Waals surface area contributed by atoms with Gasteiger partial charge in [-0.25, -0.2) is 9.37 Å². The van der Waals surface area contributed by atoms with Crippen LogP contribution in [0.3, 0.4) is 0 Å². The van der Waals surface area contributed by atoms with Gasteiger partial charge in [-0.3, -0.25) is 0 Å². The fourth-order valence-corrected chi connectivity index (χ4v) is 2.21. The predicted molar refractivity (Wildman–Crippen MR) is 90.2 cm³/mol. The summed E-state index contributed by atoms with van der Waals surface area (Å²) < 4.78 is 13.2. The van der Waals surface area contributed by atoms with E-state index in [1.165, 1.54) is 23.3 Å². The molecule has 1 heterocycles. The number of hydrogen-bond acceptors (Lipinski definition) is 4. The smallest absolute Gasteiger partial charge is 0.229 e. The highest BCUT2D eigenvalue weighted by Crippen LogP contribution is 2.16. The van der Waals surface area contributed by atoms with Gasteiger partial charge in [-0.2, -0.15) is 4.98 Å². The molecule has 0 aliphatic rings. The van der Waals surface area contributed by atoms with E-state index >= 15 is 0 Å². The van der Waals surface area contributed by atoms with Gasteiger partial charge in [-0.15, -0.1) is 0 Å². The molecule has 23 heavy (non-hydrogen) atoms. The molecule has 0 saturated carbocycles. The van der Waals surface area contributed by atoms with E-state index in [1.54, 1.807) is 24.4 Å². The number of nitrogens with zero attached hydrogens (tertiary/aromatic N) is 2. The summed E-state index contributed by atoms with van der Waals surface area (Å²) in [6.45, 7) is 2.76. The van der Waals surface area contributed by atoms with Crippen LogP contribution in [-0.2, 0) is 6.54 Å². The number of aryl methyl sites for hydroxylation is 1. The van der Waals surface area contributed by atoms with Crippen molar-refractivity contribution in [1.82, 2.24) is 9.97 Å². The Morgan fingerprint density at radius 1 is 1.04 bits per heavy atom. The Morgan fingerprint density at radius 2 is 1.91 bits per heavy atom. The van der Waals surface area contributed by atoms with Crippen molar-refractivity contribution in [1.29, 1.82) is 0 Å². The summed E-state index contributed by atoms with van der Waals surface area (Å²) in [7, 11) is 0. The number of benzene rings is 2. The zero-order valence-electron chi connectivity index (χ0n) is 12.8. The molecule has 4 nitrogen and oxygen atoms in total. The molecule has 0 radical (unpaired) electrons. The van der Waals surface area contributed by atoms with Gasteiger partial charge in [0.15, 0.2) is 0 Å². The minimum atomic E-state index is -0.302. The van der Waals surface area contributed by atoms with E-state index in [0.717, 1.165) is 0 Å². The second kappa shape index (κ2) is 6.87. The van der Waals surface area contributed by atoms with Gasteiger partial charge in [0.1, 0.15) is 11.6 Å². The minimum Gasteiger partial charge on any atom is -0.366 e. The van der Waals surface area contributed by atoms with E-state index in [-0.39, 0.29) is 5.82 Å². The summed E-state index contributed by atoms with van der Waals surface area (Å²) >= 11 is 0. The van der Waals surface area contributed by atoms with E-state index in [4.69, 9.17) is 0 Å². The normalized spacial score (nSPS) is 10.3. The van der Waals surface area contributed by atoms with Crippen molar-refractivity contribution in [2.45, 2.75) is 13.5 Å². The quantitative estimate of drug-likeness (QED) is 0.738. The third-order valence-electron chi connectivity index (χ3n) is 3.46. The number of halogens is 1. The lowest BCUT2D eigenvalue weighted by molar-refractivity contribution is 0.628. The predicted octanol–water partition coefficient (Wildman–Crippen LogP) is 4.28. The Hall–Kier alpha value is -2.95. The molecule has 5 heteroatoms. The lowest BCUT2D eigenvalue weighted by atomic mass is 10.1. The molecule has 0 spiro atoms. The number of anilines is 3. The van der Waals surface area contributed by atoms with Gasteiger partial charge in [0.2, 0.25) is 5.95 Å². The summed E-state index contributed by atoms with van der Waals surface area (Å²) in [4.78, 5) is 8.54. The molecule has 0 amide bonds. The molecule has 2 aromatic carbocycles. The van der Waals surface area contributed by atoms with Crippen LogP contribution >= 0.6 is 0 Å². The Kier molecular flexibility index (Phi) is 4.47. The van der Waals surface area contributed by atoms with Crippen LogP contribution in [0.2, 0.25) is 0 Å². The SMILES string of the molecule is Cc1ccccc1CNc1ccnc(Nc2cccc(F)c2)n1. The first-order chi connectivity index (χ1) is 11.2. The highest BCUT2D eigenvalue weighted by atomic mass is 19.1. The van der Waals surface area contributed by atoms with Gasteiger partial charge in [0, 0.05) is 18.4 Å². The standard InChI is InChI=1S/C18H17FN4/c1-13-5-2-3-6-14(13)12-21-17-9-10-20-18(23-17)22-16-8-4-7-15(19)11-16/h2-11H,12H2,1H3,(H2,20,21,22,23). The van der Waals surface area contributed by atoms with Crippen LogP contribution in [-0.4, -0.2) is 9.97 Å². The van der Waals surface area contributed by atoms with Crippen LogP contribution in [0.5, 0.6) is 0 Å². The second-order valence-electron chi connectivity index (χ2n) is 5.18. The largest absolute Gasteiger partial charge is 0.366 e. The average Bonchev–Trinajstić information content (AvgIpc) is 2.54. The maximum Gasteiger partial charge on any atom is 0.229 e. The van der Waals surface area contributed by atoms with Gasteiger partial charge in [-0.1, -0.05) is 30.3 Å². The summed E-state index contributed by atoms with van der Waals surface area (Å²) in [6, 6.07) is 16.2. The Morgan fingerprint density at radius 3 is 2.74 bits per heavy atom. The number of aromatic nitrogens is 2. The highest BCUT2D eigenvalue weighted by Gasteiger charge is 2.02. The number of nitrogens with one attached hydrogen (secondary N) is 2. The van der Waals surface area contributed by atoms with Crippen molar-refractivity contribution in [2.75, 3.05) is 10.6 Å². The lowest BCUT2D eigenvalue weighted by Crippen LogP contribution is -2.05. The third kappa shape index (κ3) is 4.03. The topological polar surface area (TPSA) is 49.8 Å². The van der Waals surface area contributed by atoms with Gasteiger partial charge < -0.3 is 10.6 Å². The minimum absolute atomic E-state index is 0.302. The van der Waals surface area contributed by atoms with E-state index in [0.29, 0.717) is 24.0 Å². The zero-order chi connectivity index (χ0) is 16.1. The zero-order valence-corrected chi connectivity index (χ0v) is 12.8. The van der Waals surface area contributed by atoms with Crippen LogP contribution in [0.4, 0.5) is 21.8 Å². The lowest BCUT2D eigenvalue weighted by Gasteiger charge is -2.10. The molecule has 0 atom stereocenters. The molecular formula is C18H17FN4. The van der Waals surface area contributed by atoms with Crippen molar-refractivity contribution in [3.63, 3.8) is 0 Å². The molecule has 3 aromatic rings. The van der Waals surface area contributed by atoms with E-state index in [1.807, 2.05) is 12.1 Å². The fourth-order valence-electron chi connectivity index (χ4n) is 2.21. The first kappa shape index (κ1) is 15.0. The molecule has 3 rings (SSSR count). The molecular weight excluding hydrogens is 291 g/mol. The molecule has 116 valence electrons. The van der Waals surface area contributed by atoms with Crippen molar-refractivity contribution >= 4 is 17.5 Å². The van der Waals surface area contributed by atoms with Crippen LogP contribution < -0.4 is 10.6 Å². The highest BCUT2D eigenvalue weighted by molar-refractivity contribution is 5.54. The Bertz CT molecular complexity index is 804. The maximum absolute atomic E-state index is 13.2. The second-order valence-corrected chi connectivity index (χ2v) is 5.18. The van der Waals surface area contributed by atoms with Gasteiger partial charge >= 0.3 is 0 Å². The van der Waals surface area contributed by atoms with Crippen LogP contribution in [0, 0.1) is 12.7 Å². The molecule has 0 bridgehead atoms. The van der Waals surface area contributed by atoms with Gasteiger partial charge in [0.25, 0.3) is 0 Å². The van der Waals surface area contributed by atoms with Crippen LogP contribution in [0.1, 0.15) is 11.1 Å². The van der Waals surface area contributed by atoms with Gasteiger partial charge in [-0.05, 0) is 42.3 Å². The molecule has 0 aliphatic carbocycles. The van der Waals surface area contributed by atoms with Crippen molar-refractivity contribution in [3.8, 4) is 0 Å². The van der Waals surface area contributed by atoms with Crippen molar-refractivity contribution in [2.24, 2.45) is 0 Å². The summed E-state index contributed by atoms with van der Waals surface area (Å²) in [5.41, 5.74) is 3.05. The monoisotopic (exact) mass is 308 g/mol. The summed E-state index contributed by atoms with van der Waals surface area (Å²) in [5.74, 6) is 0.830. The molecule has 1 aromatic heterocycles. The van der Waals surface area contributed by atoms with E-state index in [2.05, 4.69) is 39.7 Å². The van der Waals surface area contributed by atoms with Crippen LogP contribution in [0.15, 0.2) is 60.8 Å². The Balaban J connectivity index is 1.69.